The molecule has 2 aromatic rings. The van der Waals surface area contributed by atoms with E-state index in [-0.39, 0.29) is 5.56 Å². The Kier molecular flexibility index (Phi) is 4.15. The smallest absolute Gasteiger partial charge is 0.336 e. The maximum Gasteiger partial charge on any atom is 0.336 e. The van der Waals surface area contributed by atoms with Gasteiger partial charge >= 0.3 is 5.97 Å². The Morgan fingerprint density at radius 1 is 1.05 bits per heavy atom. The lowest BCUT2D eigenvalue weighted by Crippen LogP contribution is -2.26. The number of thiocarbonyl (C=S) groups is 1. The molecule has 0 spiro atoms. The number of hydrogen-bond donors (Lipinski definition) is 1. The summed E-state index contributed by atoms with van der Waals surface area (Å²) in [7, 11) is 1.84. The summed E-state index contributed by atoms with van der Waals surface area (Å²) in [5.74, 6) is -0.972. The minimum atomic E-state index is -0.972. The second-order valence-corrected chi connectivity index (χ2v) is 4.94. The number of benzene rings is 2. The number of carboxylic acid groups (broad SMARTS) is 1. The van der Waals surface area contributed by atoms with E-state index in [9.17, 15) is 9.90 Å². The minimum absolute atomic E-state index is 0.219. The maximum atomic E-state index is 11.3. The van der Waals surface area contributed by atoms with Crippen molar-refractivity contribution in [3.8, 4) is 0 Å². The molecule has 0 atom stereocenters. The third-order valence-electron chi connectivity index (χ3n) is 3.11. The molecule has 2 rings (SSSR count). The summed E-state index contributed by atoms with van der Waals surface area (Å²) >= 11 is 5.43. The second-order valence-electron chi connectivity index (χ2n) is 4.55. The Hall–Kier alpha value is -2.20. The van der Waals surface area contributed by atoms with Crippen molar-refractivity contribution < 1.29 is 9.90 Å². The van der Waals surface area contributed by atoms with Crippen molar-refractivity contribution in [2.24, 2.45) is 0 Å². The van der Waals surface area contributed by atoms with Crippen molar-refractivity contribution in [2.75, 3.05) is 11.9 Å². The zero-order valence-electron chi connectivity index (χ0n) is 11.3. The molecule has 0 bridgehead atoms. The topological polar surface area (TPSA) is 40.5 Å². The Labute approximate surface area is 123 Å². The van der Waals surface area contributed by atoms with Gasteiger partial charge < -0.3 is 10.0 Å². The quantitative estimate of drug-likeness (QED) is 0.876. The first-order chi connectivity index (χ1) is 9.50. The summed E-state index contributed by atoms with van der Waals surface area (Å²) in [5, 5.41) is 9.23. The molecule has 0 fully saturated rings. The monoisotopic (exact) mass is 285 g/mol. The maximum absolute atomic E-state index is 11.3. The van der Waals surface area contributed by atoms with Gasteiger partial charge in [-0.25, -0.2) is 4.79 Å². The van der Waals surface area contributed by atoms with Gasteiger partial charge in [-0.1, -0.05) is 48.1 Å². The molecule has 102 valence electrons. The Morgan fingerprint density at radius 2 is 1.60 bits per heavy atom. The van der Waals surface area contributed by atoms with Gasteiger partial charge in [0.15, 0.2) is 0 Å². The molecule has 0 saturated carbocycles. The predicted octanol–water partition coefficient (Wildman–Crippen LogP) is 3.51. The predicted molar refractivity (Wildman–Crippen MR) is 84.7 cm³/mol. The first-order valence-electron chi connectivity index (χ1n) is 6.17. The molecule has 0 radical (unpaired) electrons. The number of nitrogens with zero attached hydrogens (tertiary/aromatic N) is 1. The van der Waals surface area contributed by atoms with Crippen LogP contribution in [0.1, 0.15) is 21.5 Å². The van der Waals surface area contributed by atoms with Crippen molar-refractivity contribution in [3.63, 3.8) is 0 Å². The number of carbonyl (C=O) groups is 1. The van der Waals surface area contributed by atoms with Gasteiger partial charge in [-0.3, -0.25) is 0 Å². The van der Waals surface area contributed by atoms with E-state index < -0.39 is 5.97 Å². The van der Waals surface area contributed by atoms with Crippen LogP contribution in [0.4, 0.5) is 5.69 Å². The summed E-state index contributed by atoms with van der Waals surface area (Å²) in [6.45, 7) is 2.02. The van der Waals surface area contributed by atoms with Crippen LogP contribution in [-0.2, 0) is 0 Å². The highest BCUT2D eigenvalue weighted by Crippen LogP contribution is 2.19. The van der Waals surface area contributed by atoms with Gasteiger partial charge in [-0.15, -0.1) is 0 Å². The van der Waals surface area contributed by atoms with E-state index in [1.54, 1.807) is 24.3 Å². The Morgan fingerprint density at radius 3 is 2.15 bits per heavy atom. The largest absolute Gasteiger partial charge is 0.478 e. The van der Waals surface area contributed by atoms with Crippen molar-refractivity contribution >= 4 is 28.9 Å². The molecule has 4 heteroatoms. The fraction of sp³-hybridized carbons (Fsp3) is 0.125. The van der Waals surface area contributed by atoms with Crippen molar-refractivity contribution in [1.29, 1.82) is 0 Å². The molecule has 2 aromatic carbocycles. The van der Waals surface area contributed by atoms with Gasteiger partial charge in [0.2, 0.25) is 0 Å². The van der Waals surface area contributed by atoms with Crippen LogP contribution >= 0.6 is 12.2 Å². The van der Waals surface area contributed by atoms with Gasteiger partial charge in [0, 0.05) is 18.3 Å². The lowest BCUT2D eigenvalue weighted by Gasteiger charge is -2.21. The summed E-state index contributed by atoms with van der Waals surface area (Å²) < 4.78 is 0. The van der Waals surface area contributed by atoms with E-state index >= 15 is 0 Å². The van der Waals surface area contributed by atoms with Crippen LogP contribution in [0.3, 0.4) is 0 Å². The van der Waals surface area contributed by atoms with Crippen molar-refractivity contribution in [1.82, 2.24) is 0 Å². The van der Waals surface area contributed by atoms with E-state index in [0.717, 1.165) is 5.69 Å². The molecule has 0 aliphatic carbocycles. The first-order valence-corrected chi connectivity index (χ1v) is 6.58. The van der Waals surface area contributed by atoms with Crippen LogP contribution < -0.4 is 4.90 Å². The standard InChI is InChI=1S/C16H15NO2S/c1-11-7-9-12(10-8-11)17(2)15(20)13-5-3-4-6-14(13)16(18)19/h3-10H,1-2H3,(H,18,19). The van der Waals surface area contributed by atoms with Crippen LogP contribution in [0.15, 0.2) is 48.5 Å². The first kappa shape index (κ1) is 14.2. The number of aryl methyl sites for hydroxylation is 1. The fourth-order valence-corrected chi connectivity index (χ4v) is 2.21. The SMILES string of the molecule is Cc1ccc(N(C)C(=S)c2ccccc2C(=O)O)cc1. The van der Waals surface area contributed by atoms with E-state index in [1.165, 1.54) is 5.56 Å². The molecule has 20 heavy (non-hydrogen) atoms. The number of anilines is 1. The van der Waals surface area contributed by atoms with E-state index in [2.05, 4.69) is 0 Å². The number of carboxylic acids is 1. The van der Waals surface area contributed by atoms with Crippen molar-refractivity contribution in [3.05, 3.63) is 65.2 Å². The van der Waals surface area contributed by atoms with Gasteiger partial charge in [0.05, 0.1) is 5.56 Å². The third-order valence-corrected chi connectivity index (χ3v) is 3.61. The summed E-state index contributed by atoms with van der Waals surface area (Å²) in [4.78, 5) is 13.6. The molecule has 3 nitrogen and oxygen atoms in total. The van der Waals surface area contributed by atoms with E-state index in [1.807, 2.05) is 43.1 Å². The molecule has 0 aromatic heterocycles. The van der Waals surface area contributed by atoms with Gasteiger partial charge in [-0.05, 0) is 25.1 Å². The Bertz CT molecular complexity index is 650. The molecular formula is C16H15NO2S. The van der Waals surface area contributed by atoms with Crippen LogP contribution in [0.25, 0.3) is 0 Å². The third kappa shape index (κ3) is 2.86. The van der Waals surface area contributed by atoms with Gasteiger partial charge in [0.25, 0.3) is 0 Å². The summed E-state index contributed by atoms with van der Waals surface area (Å²) in [6.07, 6.45) is 0. The molecule has 0 unspecified atom stereocenters. The molecular weight excluding hydrogens is 270 g/mol. The van der Waals surface area contributed by atoms with Crippen LogP contribution in [0, 0.1) is 6.92 Å². The normalized spacial score (nSPS) is 10.1. The van der Waals surface area contributed by atoms with E-state index in [0.29, 0.717) is 10.6 Å². The van der Waals surface area contributed by atoms with E-state index in [4.69, 9.17) is 12.2 Å². The Balaban J connectivity index is 2.36. The summed E-state index contributed by atoms with van der Waals surface area (Å²) in [6, 6.07) is 14.7. The lowest BCUT2D eigenvalue weighted by atomic mass is 10.1. The highest BCUT2D eigenvalue weighted by atomic mass is 32.1. The molecule has 0 aliphatic rings. The van der Waals surface area contributed by atoms with Gasteiger partial charge in [0.1, 0.15) is 4.99 Å². The average molecular weight is 285 g/mol. The molecule has 0 heterocycles. The zero-order chi connectivity index (χ0) is 14.7. The number of aromatic carboxylic acids is 1. The fourth-order valence-electron chi connectivity index (χ4n) is 1.92. The zero-order valence-corrected chi connectivity index (χ0v) is 12.1. The van der Waals surface area contributed by atoms with Crippen LogP contribution in [-0.4, -0.2) is 23.1 Å². The lowest BCUT2D eigenvalue weighted by molar-refractivity contribution is 0.0696. The summed E-state index contributed by atoms with van der Waals surface area (Å²) in [5.41, 5.74) is 2.87. The highest BCUT2D eigenvalue weighted by Gasteiger charge is 2.16. The molecule has 0 saturated heterocycles. The van der Waals surface area contributed by atoms with Crippen LogP contribution in [0.5, 0.6) is 0 Å². The molecule has 0 aliphatic heterocycles. The number of rotatable bonds is 3. The van der Waals surface area contributed by atoms with Gasteiger partial charge in [-0.2, -0.15) is 0 Å². The molecule has 0 amide bonds. The van der Waals surface area contributed by atoms with Crippen LogP contribution in [0.2, 0.25) is 0 Å². The minimum Gasteiger partial charge on any atom is -0.478 e. The second kappa shape index (κ2) is 5.84. The van der Waals surface area contributed by atoms with Crippen molar-refractivity contribution in [2.45, 2.75) is 6.92 Å². The molecule has 1 N–H and O–H groups in total. The average Bonchev–Trinajstić information content (AvgIpc) is 2.46. The highest BCUT2D eigenvalue weighted by molar-refractivity contribution is 7.81. The number of hydrogen-bond acceptors (Lipinski definition) is 2.